The van der Waals surface area contributed by atoms with E-state index in [-0.39, 0.29) is 18.4 Å². The average molecular weight is 299 g/mol. The third-order valence-electron chi connectivity index (χ3n) is 4.38. The summed E-state index contributed by atoms with van der Waals surface area (Å²) in [7, 11) is 3.12. The fourth-order valence-corrected chi connectivity index (χ4v) is 3.00. The van der Waals surface area contributed by atoms with Crippen molar-refractivity contribution in [2.24, 2.45) is 0 Å². The van der Waals surface area contributed by atoms with Crippen molar-refractivity contribution in [1.82, 2.24) is 15.1 Å². The Hall–Kier alpha value is -1.18. The number of carbonyl (C=O) groups excluding carboxylic acids is 2. The first-order valence-electron chi connectivity index (χ1n) is 7.45. The van der Waals surface area contributed by atoms with Gasteiger partial charge >= 0.3 is 0 Å². The van der Waals surface area contributed by atoms with Gasteiger partial charge in [0.05, 0.1) is 0 Å². The zero-order valence-electron chi connectivity index (χ0n) is 12.9. The van der Waals surface area contributed by atoms with Crippen LogP contribution in [0.3, 0.4) is 0 Å². The van der Waals surface area contributed by atoms with Crippen LogP contribution in [0.1, 0.15) is 12.8 Å². The normalized spacial score (nSPS) is 22.2. The number of piperidine rings is 1. The molecule has 0 bridgehead atoms. The minimum atomic E-state index is -0.691. The van der Waals surface area contributed by atoms with Crippen LogP contribution in [0.4, 0.5) is 0 Å². The van der Waals surface area contributed by atoms with Crippen molar-refractivity contribution in [3.05, 3.63) is 0 Å². The van der Waals surface area contributed by atoms with Crippen molar-refractivity contribution in [3.63, 3.8) is 0 Å². The predicted molar refractivity (Wildman–Crippen MR) is 76.9 cm³/mol. The highest BCUT2D eigenvalue weighted by atomic mass is 16.5. The van der Waals surface area contributed by atoms with Gasteiger partial charge in [-0.2, -0.15) is 0 Å². The molecule has 2 aliphatic rings. The van der Waals surface area contributed by atoms with Gasteiger partial charge in [-0.3, -0.25) is 9.59 Å². The van der Waals surface area contributed by atoms with Crippen molar-refractivity contribution < 1.29 is 19.1 Å². The van der Waals surface area contributed by atoms with Gasteiger partial charge in [-0.15, -0.1) is 0 Å². The molecule has 2 heterocycles. The molecular formula is C14H25N3O4. The Kier molecular flexibility index (Phi) is 5.55. The molecule has 0 atom stereocenters. The number of nitrogens with one attached hydrogen (secondary N) is 1. The number of hydrogen-bond donors (Lipinski definition) is 1. The Bertz CT molecular complexity index is 374. The molecule has 2 aliphatic heterocycles. The van der Waals surface area contributed by atoms with Crippen LogP contribution in [0.5, 0.6) is 0 Å². The van der Waals surface area contributed by atoms with Gasteiger partial charge in [0.2, 0.25) is 5.91 Å². The maximum Gasteiger partial charge on any atom is 0.255 e. The van der Waals surface area contributed by atoms with Crippen LogP contribution in [0.25, 0.3) is 0 Å². The first kappa shape index (κ1) is 16.2. The van der Waals surface area contributed by atoms with Crippen molar-refractivity contribution in [3.8, 4) is 0 Å². The van der Waals surface area contributed by atoms with Crippen molar-refractivity contribution in [2.75, 3.05) is 60.1 Å². The Morgan fingerprint density at radius 1 is 1.05 bits per heavy atom. The number of hydrogen-bond acceptors (Lipinski definition) is 5. The Morgan fingerprint density at radius 3 is 2.14 bits per heavy atom. The average Bonchev–Trinajstić information content (AvgIpc) is 2.55. The summed E-state index contributed by atoms with van der Waals surface area (Å²) in [6, 6.07) is 0. The van der Waals surface area contributed by atoms with E-state index in [0.29, 0.717) is 39.0 Å². The lowest BCUT2D eigenvalue weighted by molar-refractivity contribution is -0.161. The third kappa shape index (κ3) is 3.53. The maximum absolute atomic E-state index is 12.8. The van der Waals surface area contributed by atoms with Crippen molar-refractivity contribution >= 4 is 11.8 Å². The second-order valence-electron chi connectivity index (χ2n) is 5.55. The first-order chi connectivity index (χ1) is 10.1. The molecule has 0 spiro atoms. The number of amides is 2. The number of rotatable bonds is 4. The molecule has 21 heavy (non-hydrogen) atoms. The first-order valence-corrected chi connectivity index (χ1v) is 7.45. The van der Waals surface area contributed by atoms with Gasteiger partial charge in [0, 0.05) is 40.4 Å². The Labute approximate surface area is 125 Å². The van der Waals surface area contributed by atoms with E-state index in [2.05, 4.69) is 5.32 Å². The SMILES string of the molecule is COCC(=O)N1CCN(C(=O)C2(OC)CCNCC2)CC1. The monoisotopic (exact) mass is 299 g/mol. The Morgan fingerprint density at radius 2 is 1.62 bits per heavy atom. The summed E-state index contributed by atoms with van der Waals surface area (Å²) in [6.07, 6.45) is 1.40. The minimum absolute atomic E-state index is 0.0204. The lowest BCUT2D eigenvalue weighted by atomic mass is 9.90. The molecule has 120 valence electrons. The van der Waals surface area contributed by atoms with Crippen molar-refractivity contribution in [1.29, 1.82) is 0 Å². The fourth-order valence-electron chi connectivity index (χ4n) is 3.00. The molecule has 0 saturated carbocycles. The van der Waals surface area contributed by atoms with E-state index in [0.717, 1.165) is 13.1 Å². The van der Waals surface area contributed by atoms with Crippen LogP contribution in [-0.2, 0) is 19.1 Å². The highest BCUT2D eigenvalue weighted by molar-refractivity contribution is 5.86. The fraction of sp³-hybridized carbons (Fsp3) is 0.857. The largest absolute Gasteiger partial charge is 0.375 e. The van der Waals surface area contributed by atoms with Crippen LogP contribution >= 0.6 is 0 Å². The highest BCUT2D eigenvalue weighted by Gasteiger charge is 2.43. The molecule has 0 aliphatic carbocycles. The van der Waals surface area contributed by atoms with Crippen LogP contribution in [0.15, 0.2) is 0 Å². The van der Waals surface area contributed by atoms with Crippen LogP contribution in [-0.4, -0.2) is 87.3 Å². The van der Waals surface area contributed by atoms with Gasteiger partial charge in [-0.05, 0) is 25.9 Å². The van der Waals surface area contributed by atoms with Crippen LogP contribution in [0.2, 0.25) is 0 Å². The van der Waals surface area contributed by atoms with E-state index in [1.54, 1.807) is 12.0 Å². The zero-order chi connectivity index (χ0) is 15.3. The summed E-state index contributed by atoms with van der Waals surface area (Å²) < 4.78 is 10.4. The maximum atomic E-state index is 12.8. The minimum Gasteiger partial charge on any atom is -0.375 e. The smallest absolute Gasteiger partial charge is 0.255 e. The molecule has 2 fully saturated rings. The quantitative estimate of drug-likeness (QED) is 0.726. The van der Waals surface area contributed by atoms with Gasteiger partial charge in [0.15, 0.2) is 0 Å². The van der Waals surface area contributed by atoms with Gasteiger partial charge in [-0.25, -0.2) is 0 Å². The van der Waals surface area contributed by atoms with E-state index in [1.807, 2.05) is 4.90 Å². The molecule has 0 unspecified atom stereocenters. The summed E-state index contributed by atoms with van der Waals surface area (Å²) in [5.41, 5.74) is -0.691. The van der Waals surface area contributed by atoms with Gasteiger partial charge in [-0.1, -0.05) is 0 Å². The molecule has 7 heteroatoms. The van der Waals surface area contributed by atoms with Crippen molar-refractivity contribution in [2.45, 2.75) is 18.4 Å². The molecule has 0 aromatic heterocycles. The molecule has 0 radical (unpaired) electrons. The lowest BCUT2D eigenvalue weighted by Gasteiger charge is -2.42. The third-order valence-corrected chi connectivity index (χ3v) is 4.38. The zero-order valence-corrected chi connectivity index (χ0v) is 12.9. The number of nitrogens with zero attached hydrogens (tertiary/aromatic N) is 2. The van der Waals surface area contributed by atoms with E-state index in [4.69, 9.17) is 9.47 Å². The summed E-state index contributed by atoms with van der Waals surface area (Å²) in [5, 5.41) is 3.25. The second-order valence-corrected chi connectivity index (χ2v) is 5.55. The molecular weight excluding hydrogens is 274 g/mol. The topological polar surface area (TPSA) is 71.1 Å². The van der Waals surface area contributed by atoms with E-state index < -0.39 is 5.60 Å². The second kappa shape index (κ2) is 7.20. The summed E-state index contributed by atoms with van der Waals surface area (Å²) in [4.78, 5) is 28.1. The standard InChI is InChI=1S/C14H25N3O4/c1-20-11-12(18)16-7-9-17(10-8-16)13(19)14(21-2)3-5-15-6-4-14/h15H,3-11H2,1-2H3. The van der Waals surface area contributed by atoms with E-state index in [1.165, 1.54) is 7.11 Å². The predicted octanol–water partition coefficient (Wildman–Crippen LogP) is -0.928. The number of carbonyl (C=O) groups is 2. The summed E-state index contributed by atoms with van der Waals surface area (Å²) in [6.45, 7) is 3.94. The number of methoxy groups -OCH3 is 2. The Balaban J connectivity index is 1.91. The molecule has 7 nitrogen and oxygen atoms in total. The van der Waals surface area contributed by atoms with Gasteiger partial charge in [0.1, 0.15) is 12.2 Å². The molecule has 2 rings (SSSR count). The molecule has 0 aromatic rings. The van der Waals surface area contributed by atoms with Crippen LogP contribution in [0, 0.1) is 0 Å². The summed E-state index contributed by atoms with van der Waals surface area (Å²) >= 11 is 0. The van der Waals surface area contributed by atoms with Gasteiger partial charge in [0.25, 0.3) is 5.91 Å². The molecule has 2 saturated heterocycles. The van der Waals surface area contributed by atoms with E-state index >= 15 is 0 Å². The lowest BCUT2D eigenvalue weighted by Crippen LogP contribution is -2.59. The number of piperazine rings is 1. The highest BCUT2D eigenvalue weighted by Crippen LogP contribution is 2.25. The van der Waals surface area contributed by atoms with Gasteiger partial charge < -0.3 is 24.6 Å². The number of ether oxygens (including phenoxy) is 2. The molecule has 2 amide bonds. The molecule has 1 N–H and O–H groups in total. The summed E-state index contributed by atoms with van der Waals surface area (Å²) in [5.74, 6) is 0.0401. The molecule has 0 aromatic carbocycles. The van der Waals surface area contributed by atoms with Crippen LogP contribution < -0.4 is 5.32 Å². The van der Waals surface area contributed by atoms with E-state index in [9.17, 15) is 9.59 Å².